The van der Waals surface area contributed by atoms with E-state index in [9.17, 15) is 13.2 Å². The van der Waals surface area contributed by atoms with E-state index >= 15 is 0 Å². The summed E-state index contributed by atoms with van der Waals surface area (Å²) in [5.74, 6) is 0.155. The van der Waals surface area contributed by atoms with Crippen molar-refractivity contribution in [2.45, 2.75) is 25.4 Å². The number of nitrogens with zero attached hydrogens (tertiary/aromatic N) is 2. The van der Waals surface area contributed by atoms with E-state index in [1.807, 2.05) is 6.92 Å². The Labute approximate surface area is 114 Å². The molecule has 19 heavy (non-hydrogen) atoms. The maximum absolute atomic E-state index is 12.4. The maximum Gasteiger partial charge on any atom is 0.320 e. The van der Waals surface area contributed by atoms with Gasteiger partial charge in [0.15, 0.2) is 9.84 Å². The van der Waals surface area contributed by atoms with Crippen molar-refractivity contribution >= 4 is 15.9 Å². The van der Waals surface area contributed by atoms with Crippen LogP contribution in [0.3, 0.4) is 0 Å². The molecule has 1 atom stereocenters. The van der Waals surface area contributed by atoms with Crippen molar-refractivity contribution < 1.29 is 17.9 Å². The van der Waals surface area contributed by atoms with E-state index in [0.717, 1.165) is 19.4 Å². The SMILES string of the molecule is COC1(C)CCCN(C(=O)N2CCS(=O)(=O)CC2)C1. The Morgan fingerprint density at radius 2 is 1.79 bits per heavy atom. The van der Waals surface area contributed by atoms with E-state index in [1.54, 1.807) is 16.9 Å². The fourth-order valence-electron chi connectivity index (χ4n) is 2.64. The van der Waals surface area contributed by atoms with E-state index in [4.69, 9.17) is 4.74 Å². The van der Waals surface area contributed by atoms with Crippen LogP contribution < -0.4 is 0 Å². The Balaban J connectivity index is 1.97. The van der Waals surface area contributed by atoms with Gasteiger partial charge >= 0.3 is 6.03 Å². The van der Waals surface area contributed by atoms with Crippen molar-refractivity contribution in [3.63, 3.8) is 0 Å². The second-order valence-corrected chi connectivity index (χ2v) is 7.90. The summed E-state index contributed by atoms with van der Waals surface area (Å²) >= 11 is 0. The highest BCUT2D eigenvalue weighted by Crippen LogP contribution is 2.24. The summed E-state index contributed by atoms with van der Waals surface area (Å²) in [5.41, 5.74) is -0.282. The first-order valence-electron chi connectivity index (χ1n) is 6.65. The molecule has 0 N–H and O–H groups in total. The number of carbonyl (C=O) groups excluding carboxylic acids is 1. The van der Waals surface area contributed by atoms with E-state index in [1.165, 1.54) is 0 Å². The first-order chi connectivity index (χ1) is 8.85. The van der Waals surface area contributed by atoms with Crippen LogP contribution in [0.4, 0.5) is 4.79 Å². The molecule has 2 aliphatic heterocycles. The molecule has 6 nitrogen and oxygen atoms in total. The molecule has 0 aromatic rings. The minimum absolute atomic E-state index is 0.0575. The Kier molecular flexibility index (Phi) is 4.06. The Bertz CT molecular complexity index is 437. The lowest BCUT2D eigenvalue weighted by Gasteiger charge is -2.41. The summed E-state index contributed by atoms with van der Waals surface area (Å²) in [6, 6.07) is -0.0575. The molecule has 0 aromatic carbocycles. The number of amides is 2. The number of likely N-dealkylation sites (tertiary alicyclic amines) is 1. The van der Waals surface area contributed by atoms with Gasteiger partial charge in [0.2, 0.25) is 0 Å². The number of methoxy groups -OCH3 is 1. The van der Waals surface area contributed by atoms with Gasteiger partial charge in [-0.05, 0) is 19.8 Å². The van der Waals surface area contributed by atoms with Gasteiger partial charge in [0.05, 0.1) is 23.7 Å². The van der Waals surface area contributed by atoms with Crippen LogP contribution in [0, 0.1) is 0 Å². The van der Waals surface area contributed by atoms with Crippen molar-refractivity contribution in [3.8, 4) is 0 Å². The molecule has 0 saturated carbocycles. The minimum atomic E-state index is -2.94. The van der Waals surface area contributed by atoms with Crippen molar-refractivity contribution in [1.29, 1.82) is 0 Å². The molecule has 2 amide bonds. The molecule has 0 radical (unpaired) electrons. The number of piperidine rings is 1. The number of carbonyl (C=O) groups is 1. The second-order valence-electron chi connectivity index (χ2n) is 5.60. The number of hydrogen-bond acceptors (Lipinski definition) is 4. The monoisotopic (exact) mass is 290 g/mol. The van der Waals surface area contributed by atoms with Gasteiger partial charge in [-0.25, -0.2) is 13.2 Å². The lowest BCUT2D eigenvalue weighted by atomic mass is 9.95. The van der Waals surface area contributed by atoms with Crippen molar-refractivity contribution in [2.24, 2.45) is 0 Å². The Morgan fingerprint density at radius 1 is 1.16 bits per heavy atom. The fraction of sp³-hybridized carbons (Fsp3) is 0.917. The number of sulfone groups is 1. The molecule has 2 aliphatic rings. The van der Waals surface area contributed by atoms with E-state index in [2.05, 4.69) is 0 Å². The van der Waals surface area contributed by atoms with Gasteiger partial charge in [-0.1, -0.05) is 0 Å². The first-order valence-corrected chi connectivity index (χ1v) is 8.47. The Hall–Kier alpha value is -0.820. The van der Waals surface area contributed by atoms with Crippen molar-refractivity contribution in [1.82, 2.24) is 9.80 Å². The summed E-state index contributed by atoms with van der Waals surface area (Å²) in [5, 5.41) is 0. The number of urea groups is 1. The van der Waals surface area contributed by atoms with Crippen LogP contribution in [0.15, 0.2) is 0 Å². The molecule has 110 valence electrons. The van der Waals surface area contributed by atoms with Gasteiger partial charge in [-0.2, -0.15) is 0 Å². The normalized spacial score (nSPS) is 31.3. The zero-order valence-corrected chi connectivity index (χ0v) is 12.4. The number of rotatable bonds is 1. The molecule has 0 aliphatic carbocycles. The van der Waals surface area contributed by atoms with Crippen LogP contribution in [0.1, 0.15) is 19.8 Å². The quantitative estimate of drug-likeness (QED) is 0.698. The minimum Gasteiger partial charge on any atom is -0.377 e. The molecule has 0 aromatic heterocycles. The summed E-state index contributed by atoms with van der Waals surface area (Å²) in [7, 11) is -1.28. The third-order valence-corrected chi connectivity index (χ3v) is 5.65. The van der Waals surface area contributed by atoms with E-state index < -0.39 is 9.84 Å². The van der Waals surface area contributed by atoms with Crippen LogP contribution in [0.25, 0.3) is 0 Å². The third kappa shape index (κ3) is 3.39. The summed E-state index contributed by atoms with van der Waals surface area (Å²) < 4.78 is 28.2. The fourth-order valence-corrected chi connectivity index (χ4v) is 3.84. The van der Waals surface area contributed by atoms with Crippen LogP contribution in [0.5, 0.6) is 0 Å². The van der Waals surface area contributed by atoms with E-state index in [-0.39, 0.29) is 23.1 Å². The summed E-state index contributed by atoms with van der Waals surface area (Å²) in [4.78, 5) is 15.8. The third-order valence-electron chi connectivity index (χ3n) is 4.04. The summed E-state index contributed by atoms with van der Waals surface area (Å²) in [6.07, 6.45) is 1.86. The topological polar surface area (TPSA) is 66.9 Å². The lowest BCUT2D eigenvalue weighted by molar-refractivity contribution is -0.0430. The molecular weight excluding hydrogens is 268 g/mol. The molecule has 2 saturated heterocycles. The highest BCUT2D eigenvalue weighted by atomic mass is 32.2. The predicted molar refractivity (Wildman–Crippen MR) is 71.8 cm³/mol. The van der Waals surface area contributed by atoms with Crippen LogP contribution >= 0.6 is 0 Å². The molecule has 0 spiro atoms. The number of ether oxygens (including phenoxy) is 1. The van der Waals surface area contributed by atoms with Gasteiger partial charge in [-0.3, -0.25) is 0 Å². The molecule has 1 unspecified atom stereocenters. The first kappa shape index (κ1) is 14.6. The second kappa shape index (κ2) is 5.28. The van der Waals surface area contributed by atoms with Crippen LogP contribution in [-0.4, -0.2) is 74.6 Å². The highest BCUT2D eigenvalue weighted by Gasteiger charge is 2.36. The number of hydrogen-bond donors (Lipinski definition) is 0. The van der Waals surface area contributed by atoms with Crippen molar-refractivity contribution in [2.75, 3.05) is 44.8 Å². The molecule has 2 rings (SSSR count). The standard InChI is InChI=1S/C12H22N2O4S/c1-12(18-2)4-3-5-14(10-12)11(15)13-6-8-19(16,17)9-7-13/h3-10H2,1-2H3. The molecule has 0 bridgehead atoms. The van der Waals surface area contributed by atoms with Gasteiger partial charge in [0, 0.05) is 26.7 Å². The van der Waals surface area contributed by atoms with Crippen molar-refractivity contribution in [3.05, 3.63) is 0 Å². The molecule has 2 heterocycles. The largest absolute Gasteiger partial charge is 0.377 e. The molecule has 7 heteroatoms. The predicted octanol–water partition coefficient (Wildman–Crippen LogP) is 0.338. The van der Waals surface area contributed by atoms with Gasteiger partial charge in [-0.15, -0.1) is 0 Å². The van der Waals surface area contributed by atoms with Crippen LogP contribution in [-0.2, 0) is 14.6 Å². The van der Waals surface area contributed by atoms with Gasteiger partial charge in [0.25, 0.3) is 0 Å². The Morgan fingerprint density at radius 3 is 2.37 bits per heavy atom. The zero-order chi connectivity index (χ0) is 14.1. The average molecular weight is 290 g/mol. The van der Waals surface area contributed by atoms with E-state index in [0.29, 0.717) is 19.6 Å². The lowest BCUT2D eigenvalue weighted by Crippen LogP contribution is -2.56. The highest BCUT2D eigenvalue weighted by molar-refractivity contribution is 7.91. The van der Waals surface area contributed by atoms with Crippen LogP contribution in [0.2, 0.25) is 0 Å². The zero-order valence-electron chi connectivity index (χ0n) is 11.6. The average Bonchev–Trinajstić information content (AvgIpc) is 2.38. The van der Waals surface area contributed by atoms with Gasteiger partial charge < -0.3 is 14.5 Å². The molecular formula is C12H22N2O4S. The smallest absolute Gasteiger partial charge is 0.320 e. The molecule has 2 fully saturated rings. The summed E-state index contributed by atoms with van der Waals surface area (Å²) in [6.45, 7) is 3.92. The van der Waals surface area contributed by atoms with Gasteiger partial charge in [0.1, 0.15) is 0 Å². The maximum atomic E-state index is 12.4.